The molecule has 0 atom stereocenters. The van der Waals surface area contributed by atoms with Gasteiger partial charge in [0.15, 0.2) is 0 Å². The Hall–Kier alpha value is -2.31. The summed E-state index contributed by atoms with van der Waals surface area (Å²) in [5.41, 5.74) is 4.68. The third-order valence-electron chi connectivity index (χ3n) is 2.50. The van der Waals surface area contributed by atoms with Crippen molar-refractivity contribution in [3.05, 3.63) is 53.5 Å². The van der Waals surface area contributed by atoms with Gasteiger partial charge in [0.25, 0.3) is 0 Å². The summed E-state index contributed by atoms with van der Waals surface area (Å²) in [4.78, 5) is 3.82. The van der Waals surface area contributed by atoms with Gasteiger partial charge in [-0.05, 0) is 24.3 Å². The van der Waals surface area contributed by atoms with E-state index < -0.39 is 17.6 Å². The number of alkyl halides is 3. The molecule has 0 aliphatic carbocycles. The number of hydrogen-bond donors (Lipinski definition) is 1. The maximum atomic E-state index is 13.1. The maximum absolute atomic E-state index is 13.1. The van der Waals surface area contributed by atoms with Crippen molar-refractivity contribution < 1.29 is 22.3 Å². The number of nitrogen functional groups attached to an aromatic ring is 1. The molecule has 2 N–H and O–H groups in total. The molecule has 2 aromatic rings. The molecule has 0 saturated heterocycles. The second-order valence-electron chi connectivity index (χ2n) is 4.02. The number of halogens is 4. The van der Waals surface area contributed by atoms with E-state index in [1.807, 2.05) is 0 Å². The summed E-state index contributed by atoms with van der Waals surface area (Å²) in [6, 6.07) is 5.66. The van der Waals surface area contributed by atoms with Crippen molar-refractivity contribution in [2.75, 3.05) is 5.73 Å². The SMILES string of the molecule is Nc1ccc(COc2ccc(F)c(C(F)(F)F)c2)cn1. The minimum atomic E-state index is -4.76. The summed E-state index contributed by atoms with van der Waals surface area (Å²) in [6.07, 6.45) is -3.31. The first-order chi connectivity index (χ1) is 9.36. The largest absolute Gasteiger partial charge is 0.489 e. The van der Waals surface area contributed by atoms with Gasteiger partial charge >= 0.3 is 6.18 Å². The summed E-state index contributed by atoms with van der Waals surface area (Å²) >= 11 is 0. The van der Waals surface area contributed by atoms with Crippen molar-refractivity contribution in [1.82, 2.24) is 4.98 Å². The van der Waals surface area contributed by atoms with Crippen molar-refractivity contribution in [2.45, 2.75) is 12.8 Å². The molecule has 0 radical (unpaired) electrons. The van der Waals surface area contributed by atoms with Crippen molar-refractivity contribution in [2.24, 2.45) is 0 Å². The number of hydrogen-bond acceptors (Lipinski definition) is 3. The predicted octanol–water partition coefficient (Wildman–Crippen LogP) is 3.40. The Labute approximate surface area is 112 Å². The lowest BCUT2D eigenvalue weighted by atomic mass is 10.2. The van der Waals surface area contributed by atoms with Crippen LogP contribution in [0.5, 0.6) is 5.75 Å². The standard InChI is InChI=1S/C13H10F4N2O/c14-11-3-2-9(5-10(11)13(15,16)17)20-7-8-1-4-12(18)19-6-8/h1-6H,7H2,(H2,18,19). The molecule has 0 aliphatic rings. The second kappa shape index (κ2) is 5.36. The number of nitrogens with two attached hydrogens (primary N) is 1. The molecule has 0 amide bonds. The molecular formula is C13H10F4N2O. The van der Waals surface area contributed by atoms with Crippen LogP contribution in [0, 0.1) is 5.82 Å². The highest BCUT2D eigenvalue weighted by atomic mass is 19.4. The minimum Gasteiger partial charge on any atom is -0.489 e. The van der Waals surface area contributed by atoms with Crippen molar-refractivity contribution >= 4 is 5.82 Å². The number of anilines is 1. The van der Waals surface area contributed by atoms with Gasteiger partial charge in [0.05, 0.1) is 5.56 Å². The van der Waals surface area contributed by atoms with Crippen LogP contribution in [0.2, 0.25) is 0 Å². The first kappa shape index (κ1) is 14.1. The molecule has 7 heteroatoms. The second-order valence-corrected chi connectivity index (χ2v) is 4.02. The van der Waals surface area contributed by atoms with Crippen LogP contribution in [-0.2, 0) is 12.8 Å². The Balaban J connectivity index is 2.12. The maximum Gasteiger partial charge on any atom is 0.419 e. The van der Waals surface area contributed by atoms with Gasteiger partial charge in [0.2, 0.25) is 0 Å². The first-order valence-electron chi connectivity index (χ1n) is 5.56. The molecular weight excluding hydrogens is 276 g/mol. The summed E-state index contributed by atoms with van der Waals surface area (Å²) in [6.45, 7) is 0.0101. The molecule has 106 valence electrons. The zero-order valence-corrected chi connectivity index (χ0v) is 10.1. The van der Waals surface area contributed by atoms with Gasteiger partial charge in [0, 0.05) is 11.8 Å². The summed E-state index contributed by atoms with van der Waals surface area (Å²) in [5, 5.41) is 0. The van der Waals surface area contributed by atoms with E-state index in [4.69, 9.17) is 10.5 Å². The monoisotopic (exact) mass is 286 g/mol. The molecule has 0 bridgehead atoms. The third-order valence-corrected chi connectivity index (χ3v) is 2.50. The number of pyridine rings is 1. The van der Waals surface area contributed by atoms with Gasteiger partial charge in [-0.25, -0.2) is 9.37 Å². The van der Waals surface area contributed by atoms with Crippen LogP contribution in [0.3, 0.4) is 0 Å². The van der Waals surface area contributed by atoms with E-state index >= 15 is 0 Å². The van der Waals surface area contributed by atoms with Crippen molar-refractivity contribution in [3.8, 4) is 5.75 Å². The van der Waals surface area contributed by atoms with E-state index in [9.17, 15) is 17.6 Å². The molecule has 0 unspecified atom stereocenters. The van der Waals surface area contributed by atoms with Gasteiger partial charge in [-0.15, -0.1) is 0 Å². The Morgan fingerprint density at radius 3 is 2.50 bits per heavy atom. The highest BCUT2D eigenvalue weighted by molar-refractivity contribution is 5.32. The Morgan fingerprint density at radius 1 is 1.15 bits per heavy atom. The van der Waals surface area contributed by atoms with Gasteiger partial charge in [-0.2, -0.15) is 13.2 Å². The summed E-state index contributed by atoms with van der Waals surface area (Å²) in [7, 11) is 0. The third kappa shape index (κ3) is 3.37. The number of benzene rings is 1. The van der Waals surface area contributed by atoms with Crippen LogP contribution in [0.1, 0.15) is 11.1 Å². The quantitative estimate of drug-likeness (QED) is 0.880. The van der Waals surface area contributed by atoms with Gasteiger partial charge in [0.1, 0.15) is 24.0 Å². The highest BCUT2D eigenvalue weighted by Gasteiger charge is 2.34. The molecule has 3 nitrogen and oxygen atoms in total. The van der Waals surface area contributed by atoms with E-state index in [0.29, 0.717) is 17.4 Å². The van der Waals surface area contributed by atoms with Crippen molar-refractivity contribution in [3.63, 3.8) is 0 Å². The Bertz CT molecular complexity index is 596. The van der Waals surface area contributed by atoms with Crippen LogP contribution < -0.4 is 10.5 Å². The van der Waals surface area contributed by atoms with E-state index in [2.05, 4.69) is 4.98 Å². The highest BCUT2D eigenvalue weighted by Crippen LogP contribution is 2.33. The average Bonchev–Trinajstić information content (AvgIpc) is 2.38. The van der Waals surface area contributed by atoms with Crippen LogP contribution >= 0.6 is 0 Å². The molecule has 0 fully saturated rings. The summed E-state index contributed by atoms with van der Waals surface area (Å²) < 4.78 is 55.8. The normalized spacial score (nSPS) is 11.4. The van der Waals surface area contributed by atoms with Gasteiger partial charge in [-0.3, -0.25) is 0 Å². The smallest absolute Gasteiger partial charge is 0.419 e. The van der Waals surface area contributed by atoms with Crippen molar-refractivity contribution in [1.29, 1.82) is 0 Å². The van der Waals surface area contributed by atoms with Gasteiger partial charge in [-0.1, -0.05) is 6.07 Å². The minimum absolute atomic E-state index is 0.0101. The first-order valence-corrected chi connectivity index (χ1v) is 5.56. The lowest BCUT2D eigenvalue weighted by Gasteiger charge is -2.11. The lowest BCUT2D eigenvalue weighted by molar-refractivity contribution is -0.140. The molecule has 0 saturated carbocycles. The van der Waals surface area contributed by atoms with E-state index in [1.165, 1.54) is 6.20 Å². The van der Waals surface area contributed by atoms with E-state index in [-0.39, 0.29) is 12.4 Å². The van der Waals surface area contributed by atoms with Gasteiger partial charge < -0.3 is 10.5 Å². The Morgan fingerprint density at radius 2 is 1.90 bits per heavy atom. The number of rotatable bonds is 3. The summed E-state index contributed by atoms with van der Waals surface area (Å²) in [5.74, 6) is -1.08. The number of nitrogens with zero attached hydrogens (tertiary/aromatic N) is 1. The molecule has 2 rings (SSSR count). The van der Waals surface area contributed by atoms with E-state index in [1.54, 1.807) is 12.1 Å². The van der Waals surface area contributed by atoms with Crippen LogP contribution in [-0.4, -0.2) is 4.98 Å². The molecule has 1 heterocycles. The van der Waals surface area contributed by atoms with Crippen LogP contribution in [0.15, 0.2) is 36.5 Å². The molecule has 0 aliphatic heterocycles. The topological polar surface area (TPSA) is 48.1 Å². The average molecular weight is 286 g/mol. The predicted molar refractivity (Wildman–Crippen MR) is 64.4 cm³/mol. The lowest BCUT2D eigenvalue weighted by Crippen LogP contribution is -2.08. The molecule has 1 aromatic carbocycles. The zero-order valence-electron chi connectivity index (χ0n) is 10.1. The Kier molecular flexibility index (Phi) is 3.78. The molecule has 20 heavy (non-hydrogen) atoms. The fourth-order valence-corrected chi connectivity index (χ4v) is 1.50. The molecule has 0 spiro atoms. The zero-order chi connectivity index (χ0) is 14.8. The fourth-order valence-electron chi connectivity index (χ4n) is 1.50. The van der Waals surface area contributed by atoms with Crippen LogP contribution in [0.4, 0.5) is 23.4 Å². The van der Waals surface area contributed by atoms with E-state index in [0.717, 1.165) is 12.1 Å². The number of aromatic nitrogens is 1. The molecule has 1 aromatic heterocycles. The number of ether oxygens (including phenoxy) is 1. The van der Waals surface area contributed by atoms with Crippen LogP contribution in [0.25, 0.3) is 0 Å². The fraction of sp³-hybridized carbons (Fsp3) is 0.154.